The maximum absolute atomic E-state index is 11.1. The summed E-state index contributed by atoms with van der Waals surface area (Å²) in [5.41, 5.74) is 6.37. The van der Waals surface area contributed by atoms with Gasteiger partial charge in [-0.15, -0.1) is 22.7 Å². The number of nitrogens with zero attached hydrogens (tertiary/aromatic N) is 4. The SMILES string of the molecule is N#Cc1cc(-n2c3ccccc3c3c4c(ccc32)sc2ccc3ccccc3c24)c(C#N)cc1-n1c2ccccc2c2c3c(ccc21)sc1ccc2ccccc2c13. The number of aromatic nitrogens is 2. The van der Waals surface area contributed by atoms with Crippen LogP contribution in [-0.4, -0.2) is 9.13 Å². The van der Waals surface area contributed by atoms with Gasteiger partial charge in [0.05, 0.1) is 44.6 Å². The Morgan fingerprint density at radius 1 is 0.345 bits per heavy atom. The van der Waals surface area contributed by atoms with Crippen molar-refractivity contribution in [2.24, 2.45) is 0 Å². The molecule has 266 valence electrons. The zero-order valence-electron chi connectivity index (χ0n) is 30.6. The Morgan fingerprint density at radius 2 is 0.724 bits per heavy atom. The molecule has 0 fully saturated rings. The van der Waals surface area contributed by atoms with Crippen LogP contribution >= 0.6 is 22.7 Å². The molecule has 4 nitrogen and oxygen atoms in total. The summed E-state index contributed by atoms with van der Waals surface area (Å²) in [5, 5.41) is 36.5. The Morgan fingerprint density at radius 3 is 1.17 bits per heavy atom. The fourth-order valence-corrected chi connectivity index (χ4v) is 12.1. The summed E-state index contributed by atoms with van der Waals surface area (Å²) in [7, 11) is 0. The minimum Gasteiger partial charge on any atom is -0.308 e. The van der Waals surface area contributed by atoms with Gasteiger partial charge in [-0.1, -0.05) is 97.1 Å². The van der Waals surface area contributed by atoms with Crippen molar-refractivity contribution in [2.75, 3.05) is 0 Å². The van der Waals surface area contributed by atoms with E-state index in [1.54, 1.807) is 0 Å². The van der Waals surface area contributed by atoms with Gasteiger partial charge in [-0.05, 0) is 82.2 Å². The molecule has 0 saturated carbocycles. The van der Waals surface area contributed by atoms with Crippen LogP contribution in [0.2, 0.25) is 0 Å². The molecule has 0 unspecified atom stereocenters. The minimum atomic E-state index is 0.497. The highest BCUT2D eigenvalue weighted by Crippen LogP contribution is 2.48. The van der Waals surface area contributed by atoms with Gasteiger partial charge >= 0.3 is 0 Å². The minimum absolute atomic E-state index is 0.497. The number of rotatable bonds is 2. The number of nitriles is 2. The standard InChI is InChI=1S/C52H26N4S2/c53-27-31-26-42(56-38-16-8-6-14-36(38)48-40(56)20-24-46-52(48)50-34-12-4-2-10-30(34)18-22-44(50)58-46)32(28-54)25-41(31)55-37-15-7-5-13-35(37)47-39(55)19-23-45-51(47)49-33-11-3-1-9-29(33)17-21-43(49)57-45/h1-26H. The van der Waals surface area contributed by atoms with Gasteiger partial charge in [-0.2, -0.15) is 10.5 Å². The van der Waals surface area contributed by atoms with Crippen LogP contribution in [0.1, 0.15) is 11.1 Å². The molecule has 4 aromatic heterocycles. The van der Waals surface area contributed by atoms with Gasteiger partial charge in [0.25, 0.3) is 0 Å². The van der Waals surface area contributed by atoms with Crippen molar-refractivity contribution < 1.29 is 0 Å². The smallest absolute Gasteiger partial charge is 0.101 e. The average molecular weight is 771 g/mol. The summed E-state index contributed by atoms with van der Waals surface area (Å²) in [4.78, 5) is 0. The van der Waals surface area contributed by atoms with Crippen molar-refractivity contribution in [2.45, 2.75) is 0 Å². The first-order valence-corrected chi connectivity index (χ1v) is 20.8. The molecule has 0 radical (unpaired) electrons. The van der Waals surface area contributed by atoms with E-state index in [2.05, 4.69) is 167 Å². The normalized spacial score (nSPS) is 12.1. The fraction of sp³-hybridized carbons (Fsp3) is 0. The molecule has 0 aliphatic heterocycles. The molecule has 0 N–H and O–H groups in total. The molecule has 58 heavy (non-hydrogen) atoms. The highest BCUT2D eigenvalue weighted by atomic mass is 32.1. The van der Waals surface area contributed by atoms with Gasteiger partial charge in [0.15, 0.2) is 0 Å². The van der Waals surface area contributed by atoms with Crippen LogP contribution in [0.25, 0.3) is 117 Å². The van der Waals surface area contributed by atoms with Crippen LogP contribution in [0.5, 0.6) is 0 Å². The lowest BCUT2D eigenvalue weighted by Crippen LogP contribution is -2.04. The molecule has 0 spiro atoms. The number of thiophene rings is 2. The van der Waals surface area contributed by atoms with Crippen molar-refractivity contribution >= 4 is 128 Å². The Bertz CT molecular complexity index is 3800. The van der Waals surface area contributed by atoms with E-state index in [1.165, 1.54) is 61.9 Å². The maximum atomic E-state index is 11.1. The first kappa shape index (κ1) is 31.7. The molecule has 0 atom stereocenters. The van der Waals surface area contributed by atoms with E-state index in [0.717, 1.165) is 43.6 Å². The Hall–Kier alpha value is -7.48. The zero-order valence-corrected chi connectivity index (χ0v) is 32.2. The highest BCUT2D eigenvalue weighted by molar-refractivity contribution is 7.26. The molecule has 0 bridgehead atoms. The predicted octanol–water partition coefficient (Wildman–Crippen LogP) is 14.7. The van der Waals surface area contributed by atoms with E-state index < -0.39 is 0 Å². The van der Waals surface area contributed by atoms with Crippen molar-refractivity contribution in [1.82, 2.24) is 9.13 Å². The van der Waals surface area contributed by atoms with Gasteiger partial charge < -0.3 is 9.13 Å². The third-order valence-electron chi connectivity index (χ3n) is 12.2. The summed E-state index contributed by atoms with van der Waals surface area (Å²) >= 11 is 3.63. The molecule has 0 saturated heterocycles. The molecule has 13 rings (SSSR count). The quantitative estimate of drug-likeness (QED) is 0.176. The number of hydrogen-bond donors (Lipinski definition) is 0. The van der Waals surface area contributed by atoms with E-state index in [9.17, 15) is 10.5 Å². The fourth-order valence-electron chi connectivity index (χ4n) is 9.82. The second-order valence-corrected chi connectivity index (χ2v) is 17.2. The highest BCUT2D eigenvalue weighted by Gasteiger charge is 2.24. The number of para-hydroxylation sites is 2. The Labute approximate surface area is 338 Å². The van der Waals surface area contributed by atoms with Crippen molar-refractivity contribution in [3.8, 4) is 23.5 Å². The van der Waals surface area contributed by atoms with Gasteiger partial charge in [0.1, 0.15) is 12.1 Å². The van der Waals surface area contributed by atoms with Crippen molar-refractivity contribution in [3.05, 3.63) is 169 Å². The predicted molar refractivity (Wildman–Crippen MR) is 245 cm³/mol. The maximum Gasteiger partial charge on any atom is 0.101 e. The van der Waals surface area contributed by atoms with E-state index in [0.29, 0.717) is 22.5 Å². The van der Waals surface area contributed by atoms with Crippen molar-refractivity contribution in [1.29, 1.82) is 10.5 Å². The lowest BCUT2D eigenvalue weighted by Gasteiger charge is -2.15. The van der Waals surface area contributed by atoms with Crippen LogP contribution in [0.3, 0.4) is 0 Å². The summed E-state index contributed by atoms with van der Waals surface area (Å²) < 4.78 is 9.34. The second-order valence-electron chi connectivity index (χ2n) is 15.0. The number of hydrogen-bond acceptors (Lipinski definition) is 4. The largest absolute Gasteiger partial charge is 0.308 e. The monoisotopic (exact) mass is 770 g/mol. The molecule has 6 heteroatoms. The Balaban J connectivity index is 1.13. The summed E-state index contributed by atoms with van der Waals surface area (Å²) in [6, 6.07) is 60.8. The van der Waals surface area contributed by atoms with E-state index in [1.807, 2.05) is 34.8 Å². The van der Waals surface area contributed by atoms with Gasteiger partial charge in [-0.3, -0.25) is 0 Å². The van der Waals surface area contributed by atoms with Gasteiger partial charge in [0.2, 0.25) is 0 Å². The third-order valence-corrected chi connectivity index (χ3v) is 14.4. The van der Waals surface area contributed by atoms with Crippen LogP contribution in [0.15, 0.2) is 158 Å². The number of fused-ring (bicyclic) bond motifs is 18. The molecule has 4 heterocycles. The van der Waals surface area contributed by atoms with E-state index in [-0.39, 0.29) is 0 Å². The second kappa shape index (κ2) is 11.5. The van der Waals surface area contributed by atoms with Crippen LogP contribution in [0, 0.1) is 22.7 Å². The van der Waals surface area contributed by atoms with Crippen molar-refractivity contribution in [3.63, 3.8) is 0 Å². The average Bonchev–Trinajstić information content (AvgIpc) is 4.03. The first-order chi connectivity index (χ1) is 28.7. The van der Waals surface area contributed by atoms with E-state index >= 15 is 0 Å². The summed E-state index contributed by atoms with van der Waals surface area (Å²) in [6.45, 7) is 0. The zero-order chi connectivity index (χ0) is 38.2. The molecule has 9 aromatic carbocycles. The van der Waals surface area contributed by atoms with E-state index in [4.69, 9.17) is 0 Å². The third kappa shape index (κ3) is 4.05. The molecular weight excluding hydrogens is 745 g/mol. The molecule has 0 amide bonds. The molecular formula is C52H26N4S2. The molecule has 0 aliphatic carbocycles. The van der Waals surface area contributed by atoms with Crippen LogP contribution in [-0.2, 0) is 0 Å². The summed E-state index contributed by atoms with van der Waals surface area (Å²) in [6.07, 6.45) is 0. The summed E-state index contributed by atoms with van der Waals surface area (Å²) in [5.74, 6) is 0. The lowest BCUT2D eigenvalue weighted by molar-refractivity contribution is 1.12. The van der Waals surface area contributed by atoms with Crippen LogP contribution in [0.4, 0.5) is 0 Å². The van der Waals surface area contributed by atoms with Gasteiger partial charge in [0, 0.05) is 61.9 Å². The first-order valence-electron chi connectivity index (χ1n) is 19.2. The Kier molecular flexibility index (Phi) is 6.30. The van der Waals surface area contributed by atoms with Gasteiger partial charge in [-0.25, -0.2) is 0 Å². The topological polar surface area (TPSA) is 57.4 Å². The molecule has 0 aliphatic rings. The van der Waals surface area contributed by atoms with Crippen LogP contribution < -0.4 is 0 Å². The number of benzene rings is 9. The lowest BCUT2D eigenvalue weighted by atomic mass is 10.0. The molecule has 13 aromatic rings.